The highest BCUT2D eigenvalue weighted by Gasteiger charge is 2.48. The van der Waals surface area contributed by atoms with Crippen LogP contribution in [0, 0.1) is 6.04 Å². The SMILES string of the molecule is CC(C)c1cccc(C(C)C)c1N1C(=C=[N+]=[N-])[C-](c2ccccc2)[N+](c2c(C(C)C)cccc2C(C)C)=C1c1ccccc1. The van der Waals surface area contributed by atoms with Crippen LogP contribution in [0.25, 0.3) is 5.53 Å². The third-order valence-corrected chi connectivity index (χ3v) is 8.46. The maximum atomic E-state index is 10.2. The largest absolute Gasteiger partial charge is 0.357 e. The van der Waals surface area contributed by atoms with Crippen molar-refractivity contribution >= 4 is 23.1 Å². The Bertz CT molecular complexity index is 1700. The highest BCUT2D eigenvalue weighted by molar-refractivity contribution is 6.14. The van der Waals surface area contributed by atoms with Crippen LogP contribution in [0.4, 0.5) is 11.4 Å². The minimum Gasteiger partial charge on any atom is -0.357 e. The molecule has 0 unspecified atom stereocenters. The van der Waals surface area contributed by atoms with Gasteiger partial charge in [0, 0.05) is 16.7 Å². The molecule has 1 aliphatic heterocycles. The second-order valence-electron chi connectivity index (χ2n) is 12.8. The summed E-state index contributed by atoms with van der Waals surface area (Å²) in [5.74, 6) is 5.17. The Balaban J connectivity index is 2.08. The number of para-hydroxylation sites is 2. The number of hydrogen-bond acceptors (Lipinski definition) is 1. The molecule has 0 fully saturated rings. The molecule has 0 bridgehead atoms. The van der Waals surface area contributed by atoms with E-state index in [4.69, 9.17) is 0 Å². The maximum Gasteiger partial charge on any atom is 0.279 e. The van der Waals surface area contributed by atoms with E-state index < -0.39 is 0 Å². The Labute approximate surface area is 263 Å². The lowest BCUT2D eigenvalue weighted by Gasteiger charge is -2.26. The van der Waals surface area contributed by atoms with Crippen molar-refractivity contribution in [2.24, 2.45) is 0 Å². The molecule has 0 radical (unpaired) electrons. The van der Waals surface area contributed by atoms with Gasteiger partial charge in [-0.25, -0.2) is 4.90 Å². The lowest BCUT2D eigenvalue weighted by atomic mass is 9.90. The van der Waals surface area contributed by atoms with E-state index in [1.54, 1.807) is 0 Å². The fraction of sp³-hybridized carbons (Fsp3) is 0.300. The molecular formula is C40H44N4. The van der Waals surface area contributed by atoms with Gasteiger partial charge in [0.2, 0.25) is 11.5 Å². The fourth-order valence-electron chi connectivity index (χ4n) is 6.36. The van der Waals surface area contributed by atoms with Gasteiger partial charge in [0.15, 0.2) is 0 Å². The molecule has 0 N–H and O–H groups in total. The van der Waals surface area contributed by atoms with E-state index in [1.165, 1.54) is 27.9 Å². The summed E-state index contributed by atoms with van der Waals surface area (Å²) in [7, 11) is 0. The van der Waals surface area contributed by atoms with Crippen LogP contribution in [-0.2, 0) is 0 Å². The van der Waals surface area contributed by atoms with Gasteiger partial charge in [0.1, 0.15) is 11.7 Å². The van der Waals surface area contributed by atoms with Crippen molar-refractivity contribution in [1.82, 2.24) is 0 Å². The molecule has 0 saturated heterocycles. The van der Waals surface area contributed by atoms with Crippen LogP contribution in [0.5, 0.6) is 0 Å². The summed E-state index contributed by atoms with van der Waals surface area (Å²) in [5.41, 5.74) is 20.3. The smallest absolute Gasteiger partial charge is 0.279 e. The summed E-state index contributed by atoms with van der Waals surface area (Å²) in [6.45, 7) is 18.0. The van der Waals surface area contributed by atoms with Gasteiger partial charge in [-0.05, 0) is 34.8 Å². The first-order valence-corrected chi connectivity index (χ1v) is 15.8. The molecule has 0 aromatic heterocycles. The van der Waals surface area contributed by atoms with Crippen molar-refractivity contribution < 1.29 is 9.37 Å². The summed E-state index contributed by atoms with van der Waals surface area (Å²) < 4.78 is 2.42. The molecule has 0 amide bonds. The molecule has 4 aromatic rings. The van der Waals surface area contributed by atoms with E-state index in [0.29, 0.717) is 5.70 Å². The van der Waals surface area contributed by atoms with Crippen LogP contribution in [0.2, 0.25) is 0 Å². The van der Waals surface area contributed by atoms with Crippen LogP contribution in [0.3, 0.4) is 0 Å². The Kier molecular flexibility index (Phi) is 9.06. The first-order chi connectivity index (χ1) is 21.2. The maximum absolute atomic E-state index is 10.2. The topological polar surface area (TPSA) is 42.6 Å². The molecule has 224 valence electrons. The third-order valence-electron chi connectivity index (χ3n) is 8.46. The molecule has 0 saturated carbocycles. The minimum atomic E-state index is 0.261. The standard InChI is InChI=1S/C40H44N4/c1-26(2)32-21-15-22-33(27(3)4)38(32)43-36(25-42-41)37(30-17-11-9-12-18-30)44(40(43)31-19-13-10-14-20-31)39-34(28(5)6)23-16-24-35(39)29(7)8/h9-24,26-29H,1-8H3. The van der Waals surface area contributed by atoms with Gasteiger partial charge in [-0.3, -0.25) is 4.58 Å². The molecule has 4 heteroatoms. The number of hydrogen-bond donors (Lipinski definition) is 0. The Morgan fingerprint density at radius 1 is 0.614 bits per heavy atom. The molecule has 0 atom stereocenters. The summed E-state index contributed by atoms with van der Waals surface area (Å²) in [6, 6.07) is 35.3. The Hall–Kier alpha value is -4.62. The first-order valence-electron chi connectivity index (χ1n) is 15.8. The zero-order valence-corrected chi connectivity index (χ0v) is 27.3. The van der Waals surface area contributed by atoms with Crippen LogP contribution in [-0.4, -0.2) is 21.1 Å². The van der Waals surface area contributed by atoms with Crippen molar-refractivity contribution in [2.45, 2.75) is 79.1 Å². The quantitative estimate of drug-likeness (QED) is 0.0672. The zero-order valence-electron chi connectivity index (χ0n) is 27.3. The molecule has 5 rings (SSSR count). The average molecular weight is 581 g/mol. The van der Waals surface area contributed by atoms with Crippen molar-refractivity contribution in [3.8, 4) is 0 Å². The molecule has 4 nitrogen and oxygen atoms in total. The average Bonchev–Trinajstić information content (AvgIpc) is 3.35. The molecule has 1 heterocycles. The van der Waals surface area contributed by atoms with Crippen molar-refractivity contribution in [2.75, 3.05) is 4.90 Å². The van der Waals surface area contributed by atoms with Gasteiger partial charge in [-0.1, -0.05) is 146 Å². The Morgan fingerprint density at radius 3 is 1.52 bits per heavy atom. The zero-order chi connectivity index (χ0) is 31.5. The molecule has 1 aliphatic rings. The summed E-state index contributed by atoms with van der Waals surface area (Å²) in [6.07, 6.45) is 0. The van der Waals surface area contributed by atoms with Crippen LogP contribution < -0.4 is 4.90 Å². The third kappa shape index (κ3) is 5.55. The number of benzene rings is 4. The summed E-state index contributed by atoms with van der Waals surface area (Å²) >= 11 is 0. The van der Waals surface area contributed by atoms with Crippen molar-refractivity contribution in [3.63, 3.8) is 0 Å². The number of amidine groups is 1. The van der Waals surface area contributed by atoms with Crippen molar-refractivity contribution in [3.05, 3.63) is 148 Å². The predicted octanol–water partition coefficient (Wildman–Crippen LogP) is 10.2. The molecule has 0 spiro atoms. The molecule has 44 heavy (non-hydrogen) atoms. The highest BCUT2D eigenvalue weighted by atomic mass is 15.3. The van der Waals surface area contributed by atoms with E-state index in [-0.39, 0.29) is 23.7 Å². The van der Waals surface area contributed by atoms with E-state index in [9.17, 15) is 5.53 Å². The van der Waals surface area contributed by atoms with Crippen molar-refractivity contribution in [1.29, 1.82) is 0 Å². The van der Waals surface area contributed by atoms with E-state index >= 15 is 0 Å². The highest BCUT2D eigenvalue weighted by Crippen LogP contribution is 2.48. The van der Waals surface area contributed by atoms with Crippen LogP contribution in [0.1, 0.15) is 112 Å². The first kappa shape index (κ1) is 30.8. The second kappa shape index (κ2) is 12.9. The second-order valence-corrected chi connectivity index (χ2v) is 12.8. The monoisotopic (exact) mass is 580 g/mol. The van der Waals surface area contributed by atoms with E-state index in [1.807, 2.05) is 6.07 Å². The van der Waals surface area contributed by atoms with Gasteiger partial charge < -0.3 is 5.53 Å². The number of nitrogens with zero attached hydrogens (tertiary/aromatic N) is 4. The molecular weight excluding hydrogens is 536 g/mol. The van der Waals surface area contributed by atoms with Gasteiger partial charge in [0.05, 0.1) is 5.69 Å². The summed E-state index contributed by atoms with van der Waals surface area (Å²) in [5, 5.41) is 0. The molecule has 0 aliphatic carbocycles. The summed E-state index contributed by atoms with van der Waals surface area (Å²) in [4.78, 5) is 5.91. The minimum absolute atomic E-state index is 0.261. The van der Waals surface area contributed by atoms with Crippen LogP contribution >= 0.6 is 0 Å². The van der Waals surface area contributed by atoms with Gasteiger partial charge in [-0.2, -0.15) is 0 Å². The number of anilines is 1. The molecule has 4 aromatic carbocycles. The van der Waals surface area contributed by atoms with Crippen LogP contribution in [0.15, 0.2) is 103 Å². The normalized spacial score (nSPS) is 13.5. The van der Waals surface area contributed by atoms with Gasteiger partial charge in [-0.15, -0.1) is 16.9 Å². The number of rotatable bonds is 8. The lowest BCUT2D eigenvalue weighted by molar-refractivity contribution is -0.406. The fourth-order valence-corrected chi connectivity index (χ4v) is 6.36. The predicted molar refractivity (Wildman–Crippen MR) is 183 cm³/mol. The van der Waals surface area contributed by atoms with Gasteiger partial charge >= 0.3 is 0 Å². The lowest BCUT2D eigenvalue weighted by Crippen LogP contribution is -2.31. The Morgan fingerprint density at radius 2 is 1.07 bits per heavy atom. The van der Waals surface area contributed by atoms with E-state index in [2.05, 4.69) is 167 Å². The van der Waals surface area contributed by atoms with E-state index in [0.717, 1.165) is 28.7 Å². The van der Waals surface area contributed by atoms with Gasteiger partial charge in [0.25, 0.3) is 5.87 Å².